The fourth-order valence-electron chi connectivity index (χ4n) is 0.963. The largest absolute Gasteiger partial charge is 0.490 e. The highest BCUT2D eigenvalue weighted by Crippen LogP contribution is 2.23. The minimum absolute atomic E-state index is 0.0729. The van der Waals surface area contributed by atoms with Crippen LogP contribution in [0, 0.1) is 15.9 Å². The van der Waals surface area contributed by atoms with E-state index < -0.39 is 10.7 Å². The number of nitro benzene ring substituents is 1. The fraction of sp³-hybridized carbons (Fsp3) is 0.333. The van der Waals surface area contributed by atoms with Crippen LogP contribution in [0.15, 0.2) is 18.2 Å². The number of ether oxygens (including phenoxy) is 1. The lowest BCUT2D eigenvalue weighted by Crippen LogP contribution is -2.01. The molecule has 0 amide bonds. The van der Waals surface area contributed by atoms with E-state index in [9.17, 15) is 14.5 Å². The number of hydrogen-bond donors (Lipinski definition) is 1. The first-order chi connectivity index (χ1) is 7.15. The summed E-state index contributed by atoms with van der Waals surface area (Å²) in [5.74, 6) is -0.823. The fourth-order valence-corrected chi connectivity index (χ4v) is 0.963. The third-order valence-corrected chi connectivity index (χ3v) is 1.69. The minimum Gasteiger partial charge on any atom is -0.490 e. The summed E-state index contributed by atoms with van der Waals surface area (Å²) in [7, 11) is 0. The van der Waals surface area contributed by atoms with Crippen molar-refractivity contribution in [2.45, 2.75) is 6.42 Å². The third-order valence-electron chi connectivity index (χ3n) is 1.69. The zero-order valence-electron chi connectivity index (χ0n) is 7.85. The summed E-state index contributed by atoms with van der Waals surface area (Å²) in [5, 5.41) is 18.9. The Bertz CT molecular complexity index is 356. The van der Waals surface area contributed by atoms with Crippen molar-refractivity contribution >= 4 is 5.69 Å². The number of aliphatic hydroxyl groups is 1. The van der Waals surface area contributed by atoms with Gasteiger partial charge in [-0.15, -0.1) is 0 Å². The van der Waals surface area contributed by atoms with Crippen molar-refractivity contribution in [1.29, 1.82) is 0 Å². The van der Waals surface area contributed by atoms with Gasteiger partial charge in [0.15, 0.2) is 11.6 Å². The molecule has 0 aliphatic heterocycles. The van der Waals surface area contributed by atoms with Crippen molar-refractivity contribution in [3.8, 4) is 5.75 Å². The molecule has 82 valence electrons. The summed E-state index contributed by atoms with van der Waals surface area (Å²) in [6.45, 7) is 0.0468. The van der Waals surface area contributed by atoms with Crippen LogP contribution in [0.2, 0.25) is 0 Å². The molecule has 1 aromatic rings. The molecule has 0 aliphatic rings. The van der Waals surface area contributed by atoms with Gasteiger partial charge in [-0.1, -0.05) is 0 Å². The van der Waals surface area contributed by atoms with Gasteiger partial charge in [-0.05, 0) is 6.07 Å². The molecule has 1 N–H and O–H groups in total. The standard InChI is InChI=1S/C9H10FNO4/c10-8-3-2-7(11(13)14)6-9(8)15-5-1-4-12/h2-3,6,12H,1,4-5H2. The van der Waals surface area contributed by atoms with Crippen LogP contribution in [0.25, 0.3) is 0 Å². The van der Waals surface area contributed by atoms with E-state index in [1.54, 1.807) is 0 Å². The number of benzene rings is 1. The molecule has 1 aromatic carbocycles. The summed E-state index contributed by atoms with van der Waals surface area (Å²) in [5.41, 5.74) is -0.226. The van der Waals surface area contributed by atoms with E-state index in [1.807, 2.05) is 0 Å². The Balaban J connectivity index is 2.76. The second-order valence-electron chi connectivity index (χ2n) is 2.80. The normalized spacial score (nSPS) is 10.0. The summed E-state index contributed by atoms with van der Waals surface area (Å²) >= 11 is 0. The average molecular weight is 215 g/mol. The Labute approximate surface area is 85.3 Å². The minimum atomic E-state index is -0.654. The summed E-state index contributed by atoms with van der Waals surface area (Å²) in [6, 6.07) is 3.06. The molecule has 0 bridgehead atoms. The van der Waals surface area contributed by atoms with E-state index in [-0.39, 0.29) is 24.7 Å². The van der Waals surface area contributed by atoms with Crippen molar-refractivity contribution in [3.05, 3.63) is 34.1 Å². The van der Waals surface area contributed by atoms with Crippen LogP contribution in [0.1, 0.15) is 6.42 Å². The number of rotatable bonds is 5. The molecule has 0 saturated heterocycles. The highest BCUT2D eigenvalue weighted by atomic mass is 19.1. The zero-order valence-corrected chi connectivity index (χ0v) is 7.85. The maximum atomic E-state index is 13.1. The monoisotopic (exact) mass is 215 g/mol. The first-order valence-electron chi connectivity index (χ1n) is 4.32. The molecule has 0 atom stereocenters. The quantitative estimate of drug-likeness (QED) is 0.459. The van der Waals surface area contributed by atoms with Crippen molar-refractivity contribution < 1.29 is 19.2 Å². The second-order valence-corrected chi connectivity index (χ2v) is 2.80. The van der Waals surface area contributed by atoms with Crippen molar-refractivity contribution in [2.75, 3.05) is 13.2 Å². The highest BCUT2D eigenvalue weighted by Gasteiger charge is 2.11. The number of nitrogens with zero attached hydrogens (tertiary/aromatic N) is 1. The van der Waals surface area contributed by atoms with Gasteiger partial charge in [0.2, 0.25) is 0 Å². The third kappa shape index (κ3) is 3.17. The zero-order chi connectivity index (χ0) is 11.3. The molecular weight excluding hydrogens is 205 g/mol. The van der Waals surface area contributed by atoms with Gasteiger partial charge in [0.1, 0.15) is 0 Å². The van der Waals surface area contributed by atoms with E-state index in [0.29, 0.717) is 6.42 Å². The molecule has 0 aromatic heterocycles. The lowest BCUT2D eigenvalue weighted by atomic mass is 10.3. The maximum absolute atomic E-state index is 13.1. The molecule has 1 rings (SSSR count). The van der Waals surface area contributed by atoms with E-state index in [0.717, 1.165) is 18.2 Å². The molecule has 5 nitrogen and oxygen atoms in total. The average Bonchev–Trinajstić information content (AvgIpc) is 2.20. The van der Waals surface area contributed by atoms with Crippen molar-refractivity contribution in [2.24, 2.45) is 0 Å². The van der Waals surface area contributed by atoms with Crippen LogP contribution in [0.4, 0.5) is 10.1 Å². The number of nitro groups is 1. The summed E-state index contributed by atoms with van der Waals surface area (Å²) in [4.78, 5) is 9.76. The van der Waals surface area contributed by atoms with Gasteiger partial charge in [-0.3, -0.25) is 10.1 Å². The van der Waals surface area contributed by atoms with Gasteiger partial charge < -0.3 is 9.84 Å². The Morgan fingerprint density at radius 2 is 2.27 bits per heavy atom. The van der Waals surface area contributed by atoms with Gasteiger partial charge >= 0.3 is 0 Å². The Morgan fingerprint density at radius 3 is 2.87 bits per heavy atom. The molecule has 0 radical (unpaired) electrons. The van der Waals surface area contributed by atoms with E-state index in [2.05, 4.69) is 0 Å². The predicted molar refractivity (Wildman–Crippen MR) is 50.3 cm³/mol. The molecule has 0 fully saturated rings. The SMILES string of the molecule is O=[N+]([O-])c1ccc(F)c(OCCCO)c1. The summed E-state index contributed by atoms with van der Waals surface area (Å²) in [6.07, 6.45) is 0.349. The van der Waals surface area contributed by atoms with Crippen molar-refractivity contribution in [1.82, 2.24) is 0 Å². The molecule has 0 spiro atoms. The molecule has 0 unspecified atom stereocenters. The van der Waals surface area contributed by atoms with E-state index in [4.69, 9.17) is 9.84 Å². The Hall–Kier alpha value is -1.69. The Morgan fingerprint density at radius 1 is 1.53 bits per heavy atom. The molecule has 0 heterocycles. The van der Waals surface area contributed by atoms with Crippen LogP contribution in [-0.2, 0) is 0 Å². The Kier molecular flexibility index (Phi) is 3.99. The highest BCUT2D eigenvalue weighted by molar-refractivity contribution is 5.39. The number of aliphatic hydroxyl groups excluding tert-OH is 1. The van der Waals surface area contributed by atoms with Gasteiger partial charge in [0.25, 0.3) is 5.69 Å². The first-order valence-corrected chi connectivity index (χ1v) is 4.32. The van der Waals surface area contributed by atoms with Crippen LogP contribution in [0.5, 0.6) is 5.75 Å². The molecule has 15 heavy (non-hydrogen) atoms. The molecule has 6 heteroatoms. The first kappa shape index (κ1) is 11.4. The second kappa shape index (κ2) is 5.26. The van der Waals surface area contributed by atoms with E-state index >= 15 is 0 Å². The maximum Gasteiger partial charge on any atom is 0.273 e. The topological polar surface area (TPSA) is 72.6 Å². The lowest BCUT2D eigenvalue weighted by Gasteiger charge is -2.05. The van der Waals surface area contributed by atoms with Gasteiger partial charge in [-0.25, -0.2) is 4.39 Å². The van der Waals surface area contributed by atoms with E-state index in [1.165, 1.54) is 0 Å². The summed E-state index contributed by atoms with van der Waals surface area (Å²) < 4.78 is 18.0. The lowest BCUT2D eigenvalue weighted by molar-refractivity contribution is -0.385. The smallest absolute Gasteiger partial charge is 0.273 e. The number of non-ortho nitro benzene ring substituents is 1. The van der Waals surface area contributed by atoms with Crippen LogP contribution < -0.4 is 4.74 Å². The van der Waals surface area contributed by atoms with Crippen LogP contribution in [-0.4, -0.2) is 23.2 Å². The van der Waals surface area contributed by atoms with Crippen LogP contribution in [0.3, 0.4) is 0 Å². The van der Waals surface area contributed by atoms with Crippen LogP contribution >= 0.6 is 0 Å². The predicted octanol–water partition coefficient (Wildman–Crippen LogP) is 1.50. The molecule has 0 saturated carbocycles. The number of hydrogen-bond acceptors (Lipinski definition) is 4. The molecular formula is C9H10FNO4. The van der Waals surface area contributed by atoms with Gasteiger partial charge in [0.05, 0.1) is 17.6 Å². The van der Waals surface area contributed by atoms with Gasteiger partial charge in [-0.2, -0.15) is 0 Å². The molecule has 0 aliphatic carbocycles. The number of halogens is 1. The van der Waals surface area contributed by atoms with Gasteiger partial charge in [0, 0.05) is 19.1 Å². The van der Waals surface area contributed by atoms with Crippen molar-refractivity contribution in [3.63, 3.8) is 0 Å².